The summed E-state index contributed by atoms with van der Waals surface area (Å²) in [7, 11) is 0. The predicted octanol–water partition coefficient (Wildman–Crippen LogP) is 2.04. The Morgan fingerprint density at radius 2 is 2.30 bits per heavy atom. The summed E-state index contributed by atoms with van der Waals surface area (Å²) in [6.45, 7) is 6.91. The van der Waals surface area contributed by atoms with Crippen LogP contribution >= 0.6 is 12.4 Å². The summed E-state index contributed by atoms with van der Waals surface area (Å²) in [5, 5.41) is 2.91. The van der Waals surface area contributed by atoms with Gasteiger partial charge in [0.05, 0.1) is 13.2 Å². The number of nitrogens with one attached hydrogen (secondary N) is 1. The van der Waals surface area contributed by atoms with Crippen molar-refractivity contribution in [2.45, 2.75) is 26.8 Å². The lowest BCUT2D eigenvalue weighted by molar-refractivity contribution is -0.124. The molecule has 1 aliphatic rings. The zero-order valence-electron chi connectivity index (χ0n) is 13.8. The third-order valence-corrected chi connectivity index (χ3v) is 3.98. The summed E-state index contributed by atoms with van der Waals surface area (Å²) < 4.78 is 11.3. The molecule has 1 amide bonds. The number of nitrogens with two attached hydrogens (primary N) is 1. The lowest BCUT2D eigenvalue weighted by atomic mass is 10.1. The fourth-order valence-electron chi connectivity index (χ4n) is 2.33. The van der Waals surface area contributed by atoms with Crippen LogP contribution in [0.1, 0.15) is 24.5 Å². The largest absolute Gasteiger partial charge is 0.493 e. The zero-order chi connectivity index (χ0) is 15.9. The number of amides is 1. The van der Waals surface area contributed by atoms with Gasteiger partial charge in [-0.2, -0.15) is 0 Å². The molecule has 0 aliphatic carbocycles. The van der Waals surface area contributed by atoms with Crippen molar-refractivity contribution in [1.82, 2.24) is 5.32 Å². The molecule has 23 heavy (non-hydrogen) atoms. The minimum Gasteiger partial charge on any atom is -0.493 e. The lowest BCUT2D eigenvalue weighted by Crippen LogP contribution is -2.32. The van der Waals surface area contributed by atoms with Crippen LogP contribution in [0.25, 0.3) is 0 Å². The van der Waals surface area contributed by atoms with Crippen molar-refractivity contribution >= 4 is 18.3 Å². The van der Waals surface area contributed by atoms with E-state index < -0.39 is 0 Å². The van der Waals surface area contributed by atoms with Gasteiger partial charge in [0.25, 0.3) is 0 Å². The van der Waals surface area contributed by atoms with E-state index in [4.69, 9.17) is 15.2 Å². The Morgan fingerprint density at radius 3 is 2.96 bits per heavy atom. The Kier molecular flexibility index (Phi) is 8.37. The molecule has 0 spiro atoms. The number of carbonyl (C=O) groups is 1. The van der Waals surface area contributed by atoms with E-state index in [9.17, 15) is 4.79 Å². The smallest absolute Gasteiger partial charge is 0.224 e. The molecule has 0 saturated carbocycles. The van der Waals surface area contributed by atoms with Crippen LogP contribution < -0.4 is 15.8 Å². The topological polar surface area (TPSA) is 73.6 Å². The van der Waals surface area contributed by atoms with Crippen LogP contribution in [0.15, 0.2) is 18.2 Å². The molecule has 130 valence electrons. The van der Waals surface area contributed by atoms with Crippen molar-refractivity contribution in [3.05, 3.63) is 29.3 Å². The summed E-state index contributed by atoms with van der Waals surface area (Å²) in [5.41, 5.74) is 7.64. The molecular formula is C17H27ClN2O3. The Morgan fingerprint density at radius 1 is 1.52 bits per heavy atom. The van der Waals surface area contributed by atoms with E-state index >= 15 is 0 Å². The molecule has 1 heterocycles. The molecule has 1 aromatic rings. The summed E-state index contributed by atoms with van der Waals surface area (Å²) in [6.07, 6.45) is 1.05. The standard InChI is InChI=1S/C17H26N2O3.ClH/c1-12-3-4-15(9-19-17(20)13(2)8-18)16(7-12)22-11-14-5-6-21-10-14;/h3-4,7,13-14H,5-6,8-11,18H2,1-2H3,(H,19,20);1H. The van der Waals surface area contributed by atoms with Gasteiger partial charge >= 0.3 is 0 Å². The average Bonchev–Trinajstić information content (AvgIpc) is 3.04. The molecule has 0 bridgehead atoms. The lowest BCUT2D eigenvalue weighted by Gasteiger charge is -2.16. The van der Waals surface area contributed by atoms with Gasteiger partial charge in [0.2, 0.25) is 5.91 Å². The van der Waals surface area contributed by atoms with Crippen LogP contribution in [-0.4, -0.2) is 32.3 Å². The molecule has 0 radical (unpaired) electrons. The highest BCUT2D eigenvalue weighted by molar-refractivity contribution is 5.85. The number of aryl methyl sites for hydroxylation is 1. The average molecular weight is 343 g/mol. The van der Waals surface area contributed by atoms with E-state index in [0.717, 1.165) is 36.5 Å². The van der Waals surface area contributed by atoms with Crippen LogP contribution in [0.4, 0.5) is 0 Å². The van der Waals surface area contributed by atoms with Crippen molar-refractivity contribution in [3.63, 3.8) is 0 Å². The van der Waals surface area contributed by atoms with Crippen molar-refractivity contribution in [3.8, 4) is 5.75 Å². The summed E-state index contributed by atoms with van der Waals surface area (Å²) in [5.74, 6) is 1.09. The number of hydrogen-bond donors (Lipinski definition) is 2. The third kappa shape index (κ3) is 6.01. The first-order valence-electron chi connectivity index (χ1n) is 7.88. The maximum atomic E-state index is 11.8. The van der Waals surface area contributed by atoms with Gasteiger partial charge in [-0.1, -0.05) is 19.1 Å². The minimum absolute atomic E-state index is 0. The number of halogens is 1. The van der Waals surface area contributed by atoms with Crippen LogP contribution in [0.3, 0.4) is 0 Å². The molecule has 2 rings (SSSR count). The normalized spacial score (nSPS) is 18.1. The molecule has 2 unspecified atom stereocenters. The number of rotatable bonds is 7. The maximum absolute atomic E-state index is 11.8. The molecule has 0 aromatic heterocycles. The molecule has 5 nitrogen and oxygen atoms in total. The maximum Gasteiger partial charge on any atom is 0.224 e. The van der Waals surface area contributed by atoms with Crippen LogP contribution in [-0.2, 0) is 16.1 Å². The first kappa shape index (κ1) is 19.7. The van der Waals surface area contributed by atoms with Crippen molar-refractivity contribution in [1.29, 1.82) is 0 Å². The predicted molar refractivity (Wildman–Crippen MR) is 92.9 cm³/mol. The second-order valence-corrected chi connectivity index (χ2v) is 6.01. The molecule has 1 saturated heterocycles. The van der Waals surface area contributed by atoms with Gasteiger partial charge in [-0.15, -0.1) is 12.4 Å². The van der Waals surface area contributed by atoms with E-state index in [1.54, 1.807) is 0 Å². The minimum atomic E-state index is -0.176. The number of carbonyl (C=O) groups excluding carboxylic acids is 1. The highest BCUT2D eigenvalue weighted by atomic mass is 35.5. The van der Waals surface area contributed by atoms with Crippen LogP contribution in [0, 0.1) is 18.8 Å². The van der Waals surface area contributed by atoms with E-state index in [-0.39, 0.29) is 24.2 Å². The molecule has 1 fully saturated rings. The monoisotopic (exact) mass is 342 g/mol. The number of benzene rings is 1. The van der Waals surface area contributed by atoms with E-state index in [2.05, 4.69) is 5.32 Å². The van der Waals surface area contributed by atoms with Gasteiger partial charge in [-0.05, 0) is 25.0 Å². The molecule has 6 heteroatoms. The molecule has 3 N–H and O–H groups in total. The second kappa shape index (κ2) is 9.75. The zero-order valence-corrected chi connectivity index (χ0v) is 14.7. The van der Waals surface area contributed by atoms with Crippen LogP contribution in [0.5, 0.6) is 5.75 Å². The summed E-state index contributed by atoms with van der Waals surface area (Å²) in [6, 6.07) is 6.05. The Bertz CT molecular complexity index is 505. The first-order chi connectivity index (χ1) is 10.6. The Labute approximate surface area is 144 Å². The summed E-state index contributed by atoms with van der Waals surface area (Å²) in [4.78, 5) is 11.8. The first-order valence-corrected chi connectivity index (χ1v) is 7.88. The SMILES string of the molecule is Cc1ccc(CNC(=O)C(C)CN)c(OCC2CCOC2)c1.Cl. The van der Waals surface area contributed by atoms with Gasteiger partial charge in [0.1, 0.15) is 5.75 Å². The molecule has 1 aliphatic heterocycles. The quantitative estimate of drug-likeness (QED) is 0.795. The molecule has 2 atom stereocenters. The van der Waals surface area contributed by atoms with E-state index in [1.807, 2.05) is 32.0 Å². The Balaban J connectivity index is 0.00000264. The van der Waals surface area contributed by atoms with Crippen molar-refractivity contribution in [2.24, 2.45) is 17.6 Å². The number of hydrogen-bond acceptors (Lipinski definition) is 4. The highest BCUT2D eigenvalue weighted by Gasteiger charge is 2.17. The number of ether oxygens (including phenoxy) is 2. The van der Waals surface area contributed by atoms with Crippen molar-refractivity contribution < 1.29 is 14.3 Å². The Hall–Kier alpha value is -1.30. The third-order valence-electron chi connectivity index (χ3n) is 3.98. The summed E-state index contributed by atoms with van der Waals surface area (Å²) >= 11 is 0. The second-order valence-electron chi connectivity index (χ2n) is 6.01. The van der Waals surface area contributed by atoms with E-state index in [0.29, 0.717) is 25.6 Å². The fourth-order valence-corrected chi connectivity index (χ4v) is 2.33. The van der Waals surface area contributed by atoms with Crippen LogP contribution in [0.2, 0.25) is 0 Å². The van der Waals surface area contributed by atoms with E-state index in [1.165, 1.54) is 0 Å². The molecular weight excluding hydrogens is 316 g/mol. The highest BCUT2D eigenvalue weighted by Crippen LogP contribution is 2.22. The molecule has 1 aromatic carbocycles. The van der Waals surface area contributed by atoms with Gasteiger partial charge in [-0.25, -0.2) is 0 Å². The van der Waals surface area contributed by atoms with Gasteiger partial charge < -0.3 is 20.5 Å². The van der Waals surface area contributed by atoms with Crippen molar-refractivity contribution in [2.75, 3.05) is 26.4 Å². The van der Waals surface area contributed by atoms with Gasteiger partial charge in [-0.3, -0.25) is 4.79 Å². The fraction of sp³-hybridized carbons (Fsp3) is 0.588. The van der Waals surface area contributed by atoms with Gasteiger partial charge in [0.15, 0.2) is 0 Å². The van der Waals surface area contributed by atoms with Gasteiger partial charge in [0, 0.05) is 37.1 Å².